The van der Waals surface area contributed by atoms with Crippen molar-refractivity contribution in [3.63, 3.8) is 0 Å². The van der Waals surface area contributed by atoms with Crippen LogP contribution in [0.25, 0.3) is 0 Å². The molecule has 3 rings (SSSR count). The van der Waals surface area contributed by atoms with Crippen molar-refractivity contribution in [1.82, 2.24) is 15.1 Å². The highest BCUT2D eigenvalue weighted by molar-refractivity contribution is 5.79. The fourth-order valence-electron chi connectivity index (χ4n) is 2.86. The molecule has 2 aromatic rings. The Morgan fingerprint density at radius 2 is 2.14 bits per heavy atom. The van der Waals surface area contributed by atoms with Gasteiger partial charge in [-0.15, -0.1) is 0 Å². The maximum absolute atomic E-state index is 12.1. The van der Waals surface area contributed by atoms with Gasteiger partial charge in [0.15, 0.2) is 0 Å². The standard InChI is InChI=1S/C17H21N3O/c1-13(20-10-4-9-19-20)17(21)18-12-14-7-8-15-5-2-3-6-16(15)11-14/h4,7-11,13H,2-3,5-6,12H2,1H3,(H,18,21)/t13-/m0/s1. The Labute approximate surface area is 125 Å². The largest absolute Gasteiger partial charge is 0.350 e. The number of amides is 1. The van der Waals surface area contributed by atoms with Gasteiger partial charge in [-0.3, -0.25) is 9.48 Å². The molecule has 0 radical (unpaired) electrons. The van der Waals surface area contributed by atoms with Crippen molar-refractivity contribution in [1.29, 1.82) is 0 Å². The molecule has 0 fully saturated rings. The molecule has 0 saturated carbocycles. The molecule has 1 heterocycles. The number of rotatable bonds is 4. The van der Waals surface area contributed by atoms with E-state index in [4.69, 9.17) is 0 Å². The van der Waals surface area contributed by atoms with Gasteiger partial charge in [-0.2, -0.15) is 5.10 Å². The maximum atomic E-state index is 12.1. The smallest absolute Gasteiger partial charge is 0.244 e. The van der Waals surface area contributed by atoms with Crippen molar-refractivity contribution in [3.05, 3.63) is 53.3 Å². The molecule has 1 atom stereocenters. The minimum absolute atomic E-state index is 0.00331. The molecular formula is C17H21N3O. The highest BCUT2D eigenvalue weighted by Gasteiger charge is 2.15. The highest BCUT2D eigenvalue weighted by Crippen LogP contribution is 2.22. The Hall–Kier alpha value is -2.10. The molecule has 1 aromatic carbocycles. The van der Waals surface area contributed by atoms with E-state index in [1.54, 1.807) is 10.9 Å². The third-order valence-corrected chi connectivity index (χ3v) is 4.18. The number of hydrogen-bond acceptors (Lipinski definition) is 2. The average Bonchev–Trinajstić information content (AvgIpc) is 3.06. The van der Waals surface area contributed by atoms with Gasteiger partial charge in [0.05, 0.1) is 0 Å². The van der Waals surface area contributed by atoms with Crippen molar-refractivity contribution in [2.24, 2.45) is 0 Å². The lowest BCUT2D eigenvalue weighted by Gasteiger charge is -2.17. The van der Waals surface area contributed by atoms with E-state index in [0.29, 0.717) is 6.54 Å². The van der Waals surface area contributed by atoms with Gasteiger partial charge in [0.1, 0.15) is 6.04 Å². The van der Waals surface area contributed by atoms with Crippen molar-refractivity contribution >= 4 is 5.91 Å². The van der Waals surface area contributed by atoms with Crippen LogP contribution in [0.2, 0.25) is 0 Å². The summed E-state index contributed by atoms with van der Waals surface area (Å²) < 4.78 is 1.67. The third-order valence-electron chi connectivity index (χ3n) is 4.18. The second kappa shape index (κ2) is 6.12. The predicted octanol–water partition coefficient (Wildman–Crippen LogP) is 2.64. The molecule has 1 aliphatic carbocycles. The van der Waals surface area contributed by atoms with Crippen molar-refractivity contribution in [3.8, 4) is 0 Å². The van der Waals surface area contributed by atoms with E-state index in [2.05, 4.69) is 28.6 Å². The van der Waals surface area contributed by atoms with E-state index in [9.17, 15) is 4.79 Å². The first-order valence-corrected chi connectivity index (χ1v) is 7.61. The van der Waals surface area contributed by atoms with Gasteiger partial charge >= 0.3 is 0 Å². The van der Waals surface area contributed by atoms with Gasteiger partial charge in [-0.25, -0.2) is 0 Å². The van der Waals surface area contributed by atoms with Crippen LogP contribution in [-0.4, -0.2) is 15.7 Å². The normalized spacial score (nSPS) is 15.3. The second-order valence-corrected chi connectivity index (χ2v) is 5.69. The van der Waals surface area contributed by atoms with Crippen LogP contribution in [-0.2, 0) is 24.2 Å². The van der Waals surface area contributed by atoms with Crippen LogP contribution in [0.3, 0.4) is 0 Å². The zero-order valence-corrected chi connectivity index (χ0v) is 12.4. The van der Waals surface area contributed by atoms with E-state index >= 15 is 0 Å². The average molecular weight is 283 g/mol. The molecule has 4 nitrogen and oxygen atoms in total. The Kier molecular flexibility index (Phi) is 4.04. The number of aromatic nitrogens is 2. The summed E-state index contributed by atoms with van der Waals surface area (Å²) in [6.07, 6.45) is 8.43. The lowest BCUT2D eigenvalue weighted by Crippen LogP contribution is -2.30. The summed E-state index contributed by atoms with van der Waals surface area (Å²) in [5.41, 5.74) is 4.10. The van der Waals surface area contributed by atoms with Gasteiger partial charge in [-0.1, -0.05) is 18.2 Å². The molecule has 1 N–H and O–H groups in total. The topological polar surface area (TPSA) is 46.9 Å². The molecule has 0 bridgehead atoms. The van der Waals surface area contributed by atoms with Crippen LogP contribution in [0.5, 0.6) is 0 Å². The summed E-state index contributed by atoms with van der Waals surface area (Å²) in [5.74, 6) is -0.00331. The SMILES string of the molecule is C[C@@H](C(=O)NCc1ccc2c(c1)CCCC2)n1cccn1. The summed E-state index contributed by atoms with van der Waals surface area (Å²) >= 11 is 0. The molecular weight excluding hydrogens is 262 g/mol. The minimum Gasteiger partial charge on any atom is -0.350 e. The molecule has 1 aromatic heterocycles. The number of benzene rings is 1. The Bertz CT molecular complexity index is 619. The molecule has 1 amide bonds. The van der Waals surface area contributed by atoms with Crippen molar-refractivity contribution in [2.75, 3.05) is 0 Å². The monoisotopic (exact) mass is 283 g/mol. The maximum Gasteiger partial charge on any atom is 0.244 e. The number of fused-ring (bicyclic) bond motifs is 1. The number of hydrogen-bond donors (Lipinski definition) is 1. The van der Waals surface area contributed by atoms with Crippen LogP contribution in [0.15, 0.2) is 36.7 Å². The molecule has 4 heteroatoms. The molecule has 110 valence electrons. The van der Waals surface area contributed by atoms with E-state index < -0.39 is 0 Å². The van der Waals surface area contributed by atoms with Gasteiger partial charge in [0.25, 0.3) is 0 Å². The number of carbonyl (C=O) groups is 1. The van der Waals surface area contributed by atoms with Crippen LogP contribution in [0.1, 0.15) is 42.5 Å². The molecule has 0 spiro atoms. The molecule has 0 aliphatic heterocycles. The Morgan fingerprint density at radius 3 is 2.90 bits per heavy atom. The number of aryl methyl sites for hydroxylation is 2. The van der Waals surface area contributed by atoms with Crippen molar-refractivity contribution in [2.45, 2.75) is 45.2 Å². The first-order valence-electron chi connectivity index (χ1n) is 7.61. The summed E-state index contributed by atoms with van der Waals surface area (Å²) in [5, 5.41) is 7.10. The summed E-state index contributed by atoms with van der Waals surface area (Å²) in [4.78, 5) is 12.1. The molecule has 1 aliphatic rings. The minimum atomic E-state index is -0.280. The first-order chi connectivity index (χ1) is 10.2. The van der Waals surface area contributed by atoms with E-state index in [-0.39, 0.29) is 11.9 Å². The van der Waals surface area contributed by atoms with Crippen molar-refractivity contribution < 1.29 is 4.79 Å². The summed E-state index contributed by atoms with van der Waals surface area (Å²) in [7, 11) is 0. The zero-order chi connectivity index (χ0) is 14.7. The zero-order valence-electron chi connectivity index (χ0n) is 12.4. The highest BCUT2D eigenvalue weighted by atomic mass is 16.2. The van der Waals surface area contributed by atoms with Crippen LogP contribution < -0.4 is 5.32 Å². The molecule has 0 saturated heterocycles. The molecule has 0 unspecified atom stereocenters. The van der Waals surface area contributed by atoms with Gasteiger partial charge in [0.2, 0.25) is 5.91 Å². The van der Waals surface area contributed by atoms with Gasteiger partial charge in [0, 0.05) is 18.9 Å². The lowest BCUT2D eigenvalue weighted by atomic mass is 9.90. The Balaban J connectivity index is 1.61. The van der Waals surface area contributed by atoms with Crippen LogP contribution >= 0.6 is 0 Å². The van der Waals surface area contributed by atoms with Gasteiger partial charge < -0.3 is 5.32 Å². The summed E-state index contributed by atoms with van der Waals surface area (Å²) in [6, 6.07) is 8.13. The lowest BCUT2D eigenvalue weighted by molar-refractivity contribution is -0.124. The number of nitrogens with zero attached hydrogens (tertiary/aromatic N) is 2. The van der Waals surface area contributed by atoms with E-state index in [1.165, 1.54) is 42.4 Å². The van der Waals surface area contributed by atoms with E-state index in [1.807, 2.05) is 19.2 Å². The second-order valence-electron chi connectivity index (χ2n) is 5.69. The van der Waals surface area contributed by atoms with Gasteiger partial charge in [-0.05, 0) is 55.4 Å². The Morgan fingerprint density at radius 1 is 1.33 bits per heavy atom. The third kappa shape index (κ3) is 3.15. The predicted molar refractivity (Wildman–Crippen MR) is 81.9 cm³/mol. The van der Waals surface area contributed by atoms with Crippen LogP contribution in [0.4, 0.5) is 0 Å². The van der Waals surface area contributed by atoms with Crippen LogP contribution in [0, 0.1) is 0 Å². The fourth-order valence-corrected chi connectivity index (χ4v) is 2.86. The molecule has 21 heavy (non-hydrogen) atoms. The first kappa shape index (κ1) is 13.9. The quantitative estimate of drug-likeness (QED) is 0.937. The number of carbonyl (C=O) groups excluding carboxylic acids is 1. The van der Waals surface area contributed by atoms with E-state index in [0.717, 1.165) is 0 Å². The number of nitrogens with one attached hydrogen (secondary N) is 1. The fraction of sp³-hybridized carbons (Fsp3) is 0.412. The summed E-state index contributed by atoms with van der Waals surface area (Å²) in [6.45, 7) is 2.44.